The summed E-state index contributed by atoms with van der Waals surface area (Å²) < 4.78 is 0. The van der Waals surface area contributed by atoms with Gasteiger partial charge in [0.1, 0.15) is 0 Å². The van der Waals surface area contributed by atoms with Crippen LogP contribution in [0.4, 0.5) is 5.69 Å². The molecule has 0 aromatic heterocycles. The summed E-state index contributed by atoms with van der Waals surface area (Å²) in [6.07, 6.45) is 0. The van der Waals surface area contributed by atoms with Gasteiger partial charge in [-0.25, -0.2) is 0 Å². The molecule has 0 amide bonds. The van der Waals surface area contributed by atoms with Gasteiger partial charge in [0.25, 0.3) is 0 Å². The first-order valence-corrected chi connectivity index (χ1v) is 7.45. The van der Waals surface area contributed by atoms with Gasteiger partial charge in [-0.15, -0.1) is 23.2 Å². The van der Waals surface area contributed by atoms with Crippen LogP contribution in [0.1, 0.15) is 13.8 Å². The molecule has 2 aromatic carbocycles. The maximum Gasteiger partial charge on any atom is 0.0483 e. The molecule has 0 saturated heterocycles. The van der Waals surface area contributed by atoms with E-state index in [0.29, 0.717) is 0 Å². The van der Waals surface area contributed by atoms with E-state index in [9.17, 15) is 0 Å². The molecule has 1 nitrogen and oxygen atoms in total. The minimum Gasteiger partial charge on any atom is -0.369 e. The molecule has 0 aliphatic heterocycles. The third kappa shape index (κ3) is 4.02. The summed E-state index contributed by atoms with van der Waals surface area (Å²) in [6.45, 7) is 5.62. The average Bonchev–Trinajstić information content (AvgIpc) is 2.36. The standard InChI is InChI=1S/C16H19Cl2N/c1-12(17)10-19(11-13(2)18)16-8-7-14-5-3-4-6-15(14)9-16/h3-9,12-13H,10-11H2,1-2H3/t12-,13+. The lowest BCUT2D eigenvalue weighted by Crippen LogP contribution is -2.33. The highest BCUT2D eigenvalue weighted by Crippen LogP contribution is 2.23. The highest BCUT2D eigenvalue weighted by atomic mass is 35.5. The van der Waals surface area contributed by atoms with E-state index in [1.807, 2.05) is 13.8 Å². The van der Waals surface area contributed by atoms with E-state index in [0.717, 1.165) is 13.1 Å². The molecule has 0 unspecified atom stereocenters. The summed E-state index contributed by atoms with van der Waals surface area (Å²) in [7, 11) is 0. The molecular formula is C16H19Cl2N. The molecule has 0 aliphatic rings. The van der Waals surface area contributed by atoms with Crippen LogP contribution in [0.5, 0.6) is 0 Å². The first-order chi connectivity index (χ1) is 9.06. The van der Waals surface area contributed by atoms with Crippen molar-refractivity contribution >= 4 is 39.7 Å². The largest absolute Gasteiger partial charge is 0.369 e. The zero-order valence-corrected chi connectivity index (χ0v) is 12.8. The Morgan fingerprint density at radius 2 is 1.47 bits per heavy atom. The minimum absolute atomic E-state index is 0.0990. The van der Waals surface area contributed by atoms with Crippen LogP contribution in [0.2, 0.25) is 0 Å². The monoisotopic (exact) mass is 295 g/mol. The number of nitrogens with zero attached hydrogens (tertiary/aromatic N) is 1. The van der Waals surface area contributed by atoms with E-state index in [1.165, 1.54) is 16.5 Å². The summed E-state index contributed by atoms with van der Waals surface area (Å²) in [5.74, 6) is 0. The van der Waals surface area contributed by atoms with E-state index in [-0.39, 0.29) is 10.8 Å². The SMILES string of the molecule is C[C@H](Cl)CN(C[C@@H](C)Cl)c1ccc2ccccc2c1. The molecular weight excluding hydrogens is 277 g/mol. The Balaban J connectivity index is 2.32. The highest BCUT2D eigenvalue weighted by Gasteiger charge is 2.12. The minimum atomic E-state index is 0.0990. The lowest BCUT2D eigenvalue weighted by atomic mass is 10.1. The van der Waals surface area contributed by atoms with Crippen LogP contribution in [0.25, 0.3) is 10.8 Å². The second-order valence-corrected chi connectivity index (χ2v) is 6.49. The Bertz CT molecular complexity index is 527. The topological polar surface area (TPSA) is 3.24 Å². The van der Waals surface area contributed by atoms with Crippen LogP contribution in [0.15, 0.2) is 42.5 Å². The van der Waals surface area contributed by atoms with E-state index in [1.54, 1.807) is 0 Å². The fourth-order valence-corrected chi connectivity index (χ4v) is 2.60. The first kappa shape index (κ1) is 14.5. The van der Waals surface area contributed by atoms with Crippen LogP contribution in [-0.4, -0.2) is 23.8 Å². The Labute approximate surface area is 125 Å². The summed E-state index contributed by atoms with van der Waals surface area (Å²) in [5.41, 5.74) is 1.18. The number of rotatable bonds is 5. The number of hydrogen-bond donors (Lipinski definition) is 0. The zero-order chi connectivity index (χ0) is 13.8. The van der Waals surface area contributed by atoms with Crippen molar-refractivity contribution in [3.63, 3.8) is 0 Å². The summed E-state index contributed by atoms with van der Waals surface area (Å²) in [6, 6.07) is 14.9. The predicted octanol–water partition coefficient (Wildman–Crippen LogP) is 4.90. The molecule has 0 bridgehead atoms. The van der Waals surface area contributed by atoms with Crippen molar-refractivity contribution in [3.05, 3.63) is 42.5 Å². The Hall–Kier alpha value is -0.920. The van der Waals surface area contributed by atoms with Gasteiger partial charge in [0, 0.05) is 29.5 Å². The van der Waals surface area contributed by atoms with Crippen molar-refractivity contribution in [1.82, 2.24) is 0 Å². The maximum absolute atomic E-state index is 6.14. The van der Waals surface area contributed by atoms with Crippen LogP contribution in [0.3, 0.4) is 0 Å². The molecule has 0 heterocycles. The Kier molecular flexibility index (Phi) is 4.95. The van der Waals surface area contributed by atoms with Crippen molar-refractivity contribution in [2.45, 2.75) is 24.6 Å². The molecule has 0 aliphatic carbocycles. The zero-order valence-electron chi connectivity index (χ0n) is 11.3. The quantitative estimate of drug-likeness (QED) is 0.709. The van der Waals surface area contributed by atoms with Gasteiger partial charge in [0.2, 0.25) is 0 Å². The lowest BCUT2D eigenvalue weighted by molar-refractivity contribution is 0.754. The van der Waals surface area contributed by atoms with Gasteiger partial charge in [-0.2, -0.15) is 0 Å². The highest BCUT2D eigenvalue weighted by molar-refractivity contribution is 6.21. The van der Waals surface area contributed by atoms with Gasteiger partial charge >= 0.3 is 0 Å². The number of anilines is 1. The van der Waals surface area contributed by atoms with Gasteiger partial charge in [0.05, 0.1) is 0 Å². The van der Waals surface area contributed by atoms with Gasteiger partial charge in [-0.3, -0.25) is 0 Å². The normalized spacial score (nSPS) is 14.3. The van der Waals surface area contributed by atoms with Gasteiger partial charge in [-0.05, 0) is 36.8 Å². The van der Waals surface area contributed by atoms with Crippen LogP contribution < -0.4 is 4.90 Å². The molecule has 0 N–H and O–H groups in total. The van der Waals surface area contributed by atoms with Gasteiger partial charge in [-0.1, -0.05) is 30.3 Å². The second kappa shape index (κ2) is 6.49. The number of fused-ring (bicyclic) bond motifs is 1. The molecule has 2 atom stereocenters. The Morgan fingerprint density at radius 1 is 0.895 bits per heavy atom. The fraction of sp³-hybridized carbons (Fsp3) is 0.375. The van der Waals surface area contributed by atoms with E-state index >= 15 is 0 Å². The molecule has 102 valence electrons. The van der Waals surface area contributed by atoms with E-state index in [4.69, 9.17) is 23.2 Å². The number of benzene rings is 2. The van der Waals surface area contributed by atoms with E-state index in [2.05, 4.69) is 47.4 Å². The average molecular weight is 296 g/mol. The summed E-state index contributed by atoms with van der Waals surface area (Å²) in [5, 5.41) is 2.70. The summed E-state index contributed by atoms with van der Waals surface area (Å²) in [4.78, 5) is 2.25. The van der Waals surface area contributed by atoms with Crippen molar-refractivity contribution < 1.29 is 0 Å². The summed E-state index contributed by atoms with van der Waals surface area (Å²) >= 11 is 12.3. The molecule has 0 radical (unpaired) electrons. The van der Waals surface area contributed by atoms with Gasteiger partial charge in [0.15, 0.2) is 0 Å². The van der Waals surface area contributed by atoms with Crippen LogP contribution in [0, 0.1) is 0 Å². The number of hydrogen-bond acceptors (Lipinski definition) is 1. The molecule has 3 heteroatoms. The smallest absolute Gasteiger partial charge is 0.0483 e. The van der Waals surface area contributed by atoms with Crippen LogP contribution in [-0.2, 0) is 0 Å². The van der Waals surface area contributed by atoms with Gasteiger partial charge < -0.3 is 4.90 Å². The predicted molar refractivity (Wildman–Crippen MR) is 86.8 cm³/mol. The van der Waals surface area contributed by atoms with Crippen molar-refractivity contribution in [2.24, 2.45) is 0 Å². The third-order valence-electron chi connectivity index (χ3n) is 3.04. The molecule has 0 fully saturated rings. The molecule has 0 saturated carbocycles. The lowest BCUT2D eigenvalue weighted by Gasteiger charge is -2.27. The van der Waals surface area contributed by atoms with Crippen LogP contribution >= 0.6 is 23.2 Å². The molecule has 0 spiro atoms. The molecule has 19 heavy (non-hydrogen) atoms. The maximum atomic E-state index is 6.14. The third-order valence-corrected chi connectivity index (χ3v) is 3.32. The van der Waals surface area contributed by atoms with Crippen molar-refractivity contribution in [3.8, 4) is 0 Å². The van der Waals surface area contributed by atoms with E-state index < -0.39 is 0 Å². The fourth-order valence-electron chi connectivity index (χ4n) is 2.27. The van der Waals surface area contributed by atoms with Crippen molar-refractivity contribution in [1.29, 1.82) is 0 Å². The first-order valence-electron chi connectivity index (χ1n) is 6.58. The molecule has 2 aromatic rings. The Morgan fingerprint density at radius 3 is 2.05 bits per heavy atom. The van der Waals surface area contributed by atoms with Crippen molar-refractivity contribution in [2.75, 3.05) is 18.0 Å². The molecule has 2 rings (SSSR count). The number of halogens is 2. The second-order valence-electron chi connectivity index (χ2n) is 5.00. The number of alkyl halides is 2.